The molecule has 1 saturated heterocycles. The van der Waals surface area contributed by atoms with Gasteiger partial charge in [-0.2, -0.15) is 0 Å². The fourth-order valence-electron chi connectivity index (χ4n) is 3.16. The molecule has 0 aromatic heterocycles. The fourth-order valence-corrected chi connectivity index (χ4v) is 3.16. The summed E-state index contributed by atoms with van der Waals surface area (Å²) in [6.45, 7) is 2.19. The van der Waals surface area contributed by atoms with Gasteiger partial charge in [0, 0.05) is 19.6 Å². The van der Waals surface area contributed by atoms with E-state index in [1.165, 1.54) is 5.56 Å². The second-order valence-corrected chi connectivity index (χ2v) is 5.70. The number of nitrogens with zero attached hydrogens (tertiary/aromatic N) is 1. The number of aliphatic carboxylic acids is 1. The van der Waals surface area contributed by atoms with Gasteiger partial charge in [-0.25, -0.2) is 0 Å². The monoisotopic (exact) mass is 281 g/mol. The number of rotatable bonds is 4. The molecule has 1 unspecified atom stereocenters. The van der Waals surface area contributed by atoms with Crippen LogP contribution >= 0.6 is 0 Å². The predicted octanol–water partition coefficient (Wildman–Crippen LogP) is 2.91. The van der Waals surface area contributed by atoms with Gasteiger partial charge < -0.3 is 5.11 Å². The summed E-state index contributed by atoms with van der Waals surface area (Å²) in [5.41, 5.74) is 1.37. The summed E-state index contributed by atoms with van der Waals surface area (Å²) in [7, 11) is 0. The molecule has 0 amide bonds. The Balaban J connectivity index is 1.81. The Kier molecular flexibility index (Phi) is 3.76. The van der Waals surface area contributed by atoms with E-state index in [1.807, 2.05) is 48.5 Å². The third kappa shape index (κ3) is 2.69. The van der Waals surface area contributed by atoms with E-state index in [1.54, 1.807) is 0 Å². The zero-order valence-corrected chi connectivity index (χ0v) is 11.9. The smallest absolute Gasteiger partial charge is 0.315 e. The number of hydrogen-bond donors (Lipinski definition) is 1. The molecule has 2 aromatic carbocycles. The highest BCUT2D eigenvalue weighted by molar-refractivity contribution is 5.82. The van der Waals surface area contributed by atoms with Crippen molar-refractivity contribution < 1.29 is 9.90 Å². The standard InChI is InChI=1S/C18H19NO2/c20-17(21)18(16-9-5-2-6-10-16)11-12-19(14-18)13-15-7-3-1-4-8-15/h1-10H,11-14H2,(H,20,21). The Morgan fingerprint density at radius 1 is 1.05 bits per heavy atom. The van der Waals surface area contributed by atoms with Crippen LogP contribution in [0.2, 0.25) is 0 Å². The first-order valence-electron chi connectivity index (χ1n) is 7.26. The highest BCUT2D eigenvalue weighted by Gasteiger charge is 2.46. The lowest BCUT2D eigenvalue weighted by molar-refractivity contribution is -0.143. The topological polar surface area (TPSA) is 40.5 Å². The predicted molar refractivity (Wildman–Crippen MR) is 82.1 cm³/mol. The van der Waals surface area contributed by atoms with Crippen LogP contribution in [-0.2, 0) is 16.8 Å². The third-order valence-corrected chi connectivity index (χ3v) is 4.33. The van der Waals surface area contributed by atoms with Gasteiger partial charge >= 0.3 is 5.97 Å². The van der Waals surface area contributed by atoms with Gasteiger partial charge in [-0.15, -0.1) is 0 Å². The molecule has 1 aliphatic heterocycles. The van der Waals surface area contributed by atoms with Crippen molar-refractivity contribution in [1.82, 2.24) is 4.90 Å². The maximum Gasteiger partial charge on any atom is 0.315 e. The summed E-state index contributed by atoms with van der Waals surface area (Å²) in [6, 6.07) is 19.8. The molecule has 3 nitrogen and oxygen atoms in total. The largest absolute Gasteiger partial charge is 0.481 e. The van der Waals surface area contributed by atoms with Gasteiger partial charge in [0.25, 0.3) is 0 Å². The van der Waals surface area contributed by atoms with Crippen molar-refractivity contribution in [1.29, 1.82) is 0 Å². The summed E-state index contributed by atoms with van der Waals surface area (Å²) in [5, 5.41) is 9.77. The van der Waals surface area contributed by atoms with Crippen LogP contribution in [0, 0.1) is 0 Å². The van der Waals surface area contributed by atoms with Crippen LogP contribution < -0.4 is 0 Å². The van der Waals surface area contributed by atoms with E-state index >= 15 is 0 Å². The normalized spacial score (nSPS) is 22.3. The number of benzene rings is 2. The van der Waals surface area contributed by atoms with Crippen molar-refractivity contribution in [2.45, 2.75) is 18.4 Å². The van der Waals surface area contributed by atoms with Crippen LogP contribution in [0.4, 0.5) is 0 Å². The molecule has 0 aliphatic carbocycles. The lowest BCUT2D eigenvalue weighted by atomic mass is 9.80. The third-order valence-electron chi connectivity index (χ3n) is 4.33. The Morgan fingerprint density at radius 3 is 2.29 bits per heavy atom. The maximum atomic E-state index is 11.9. The Morgan fingerprint density at radius 2 is 1.67 bits per heavy atom. The lowest BCUT2D eigenvalue weighted by Gasteiger charge is -2.25. The molecule has 1 N–H and O–H groups in total. The van der Waals surface area contributed by atoms with E-state index in [0.29, 0.717) is 13.0 Å². The zero-order valence-electron chi connectivity index (χ0n) is 11.9. The molecule has 108 valence electrons. The summed E-state index contributed by atoms with van der Waals surface area (Å²) >= 11 is 0. The molecule has 3 heteroatoms. The highest BCUT2D eigenvalue weighted by Crippen LogP contribution is 2.35. The molecule has 2 aromatic rings. The van der Waals surface area contributed by atoms with E-state index in [9.17, 15) is 9.90 Å². The van der Waals surface area contributed by atoms with Gasteiger partial charge in [-0.1, -0.05) is 60.7 Å². The zero-order chi connectivity index (χ0) is 14.7. The Hall–Kier alpha value is -2.13. The van der Waals surface area contributed by atoms with Crippen LogP contribution in [0.25, 0.3) is 0 Å². The van der Waals surface area contributed by atoms with E-state index < -0.39 is 11.4 Å². The molecular formula is C18H19NO2. The van der Waals surface area contributed by atoms with Gasteiger partial charge in [0.1, 0.15) is 5.41 Å². The van der Waals surface area contributed by atoms with Crippen LogP contribution in [0.15, 0.2) is 60.7 Å². The van der Waals surface area contributed by atoms with Gasteiger partial charge in [0.15, 0.2) is 0 Å². The average molecular weight is 281 g/mol. The highest BCUT2D eigenvalue weighted by atomic mass is 16.4. The Bertz CT molecular complexity index is 612. The van der Waals surface area contributed by atoms with Crippen molar-refractivity contribution in [3.63, 3.8) is 0 Å². The summed E-state index contributed by atoms with van der Waals surface area (Å²) in [5.74, 6) is -0.718. The number of hydrogen-bond acceptors (Lipinski definition) is 2. The average Bonchev–Trinajstić information content (AvgIpc) is 2.94. The van der Waals surface area contributed by atoms with Crippen molar-refractivity contribution in [2.75, 3.05) is 13.1 Å². The van der Waals surface area contributed by atoms with E-state index in [4.69, 9.17) is 0 Å². The van der Waals surface area contributed by atoms with Gasteiger partial charge in [-0.05, 0) is 17.5 Å². The Labute approximate surface area is 124 Å². The first kappa shape index (κ1) is 13.8. The van der Waals surface area contributed by atoms with E-state index in [2.05, 4.69) is 17.0 Å². The number of likely N-dealkylation sites (tertiary alicyclic amines) is 1. The molecule has 0 bridgehead atoms. The second kappa shape index (κ2) is 5.70. The van der Waals surface area contributed by atoms with Crippen molar-refractivity contribution in [2.24, 2.45) is 0 Å². The summed E-state index contributed by atoms with van der Waals surface area (Å²) in [4.78, 5) is 14.1. The first-order valence-corrected chi connectivity index (χ1v) is 7.26. The minimum atomic E-state index is -0.768. The van der Waals surface area contributed by atoms with Crippen molar-refractivity contribution in [3.05, 3.63) is 71.8 Å². The van der Waals surface area contributed by atoms with Gasteiger partial charge in [0.2, 0.25) is 0 Å². The second-order valence-electron chi connectivity index (χ2n) is 5.70. The van der Waals surface area contributed by atoms with Crippen LogP contribution in [0.1, 0.15) is 17.5 Å². The van der Waals surface area contributed by atoms with Crippen molar-refractivity contribution >= 4 is 5.97 Å². The van der Waals surface area contributed by atoms with Crippen molar-refractivity contribution in [3.8, 4) is 0 Å². The molecule has 1 heterocycles. The number of carbonyl (C=O) groups is 1. The SMILES string of the molecule is O=C(O)C1(c2ccccc2)CCN(Cc2ccccc2)C1. The minimum absolute atomic E-state index is 0.571. The molecule has 0 spiro atoms. The number of carboxylic acids is 1. The molecule has 1 atom stereocenters. The first-order chi connectivity index (χ1) is 10.2. The quantitative estimate of drug-likeness (QED) is 0.936. The van der Waals surface area contributed by atoms with Gasteiger partial charge in [0.05, 0.1) is 0 Å². The van der Waals surface area contributed by atoms with E-state index in [0.717, 1.165) is 18.7 Å². The summed E-state index contributed by atoms with van der Waals surface area (Å²) in [6.07, 6.45) is 0.666. The molecule has 3 rings (SSSR count). The van der Waals surface area contributed by atoms with Crippen LogP contribution in [-0.4, -0.2) is 29.1 Å². The van der Waals surface area contributed by atoms with Crippen LogP contribution in [0.5, 0.6) is 0 Å². The number of carboxylic acid groups (broad SMARTS) is 1. The molecular weight excluding hydrogens is 262 g/mol. The summed E-state index contributed by atoms with van der Waals surface area (Å²) < 4.78 is 0. The molecule has 0 saturated carbocycles. The lowest BCUT2D eigenvalue weighted by Crippen LogP contribution is -2.38. The molecule has 1 aliphatic rings. The molecule has 21 heavy (non-hydrogen) atoms. The minimum Gasteiger partial charge on any atom is -0.481 e. The molecule has 1 fully saturated rings. The van der Waals surface area contributed by atoms with E-state index in [-0.39, 0.29) is 0 Å². The fraction of sp³-hybridized carbons (Fsp3) is 0.278. The molecule has 0 radical (unpaired) electrons. The van der Waals surface area contributed by atoms with Gasteiger partial charge in [-0.3, -0.25) is 9.69 Å². The maximum absolute atomic E-state index is 11.9. The van der Waals surface area contributed by atoms with Crippen LogP contribution in [0.3, 0.4) is 0 Å².